The summed E-state index contributed by atoms with van der Waals surface area (Å²) in [5.41, 5.74) is 2.44. The van der Waals surface area contributed by atoms with Crippen LogP contribution in [-0.4, -0.2) is 41.6 Å². The van der Waals surface area contributed by atoms with Crippen molar-refractivity contribution in [2.24, 2.45) is 0 Å². The maximum absolute atomic E-state index is 12.3. The number of carbonyl (C=O) groups excluding carboxylic acids is 1. The number of benzene rings is 1. The third kappa shape index (κ3) is 2.06. The molecule has 21 heavy (non-hydrogen) atoms. The van der Waals surface area contributed by atoms with Gasteiger partial charge in [0.15, 0.2) is 0 Å². The van der Waals surface area contributed by atoms with E-state index in [-0.39, 0.29) is 12.0 Å². The third-order valence-electron chi connectivity index (χ3n) is 3.65. The highest BCUT2D eigenvalue weighted by molar-refractivity contribution is 6.00. The van der Waals surface area contributed by atoms with Gasteiger partial charge >= 0.3 is 5.97 Å². The second kappa shape index (κ2) is 5.18. The quantitative estimate of drug-likeness (QED) is 0.808. The van der Waals surface area contributed by atoms with Gasteiger partial charge in [-0.05, 0) is 19.7 Å². The van der Waals surface area contributed by atoms with Crippen LogP contribution >= 0.6 is 0 Å². The molecule has 1 aromatic heterocycles. The molecule has 0 saturated carbocycles. The molecule has 0 aliphatic carbocycles. The van der Waals surface area contributed by atoms with Gasteiger partial charge in [-0.3, -0.25) is 4.90 Å². The summed E-state index contributed by atoms with van der Waals surface area (Å²) >= 11 is 0. The number of ether oxygens (including phenoxy) is 1. The minimum Gasteiger partial charge on any atom is -0.466 e. The van der Waals surface area contributed by atoms with Crippen molar-refractivity contribution in [1.82, 2.24) is 14.5 Å². The zero-order chi connectivity index (χ0) is 15.0. The maximum atomic E-state index is 12.3. The molecular formula is C16H17N3O2. The molecule has 0 radical (unpaired) electrons. The lowest BCUT2D eigenvalue weighted by atomic mass is 10.0. The molecule has 1 aliphatic rings. The number of aromatic nitrogens is 2. The van der Waals surface area contributed by atoms with Gasteiger partial charge in [0.25, 0.3) is 0 Å². The molecule has 3 rings (SSSR count). The van der Waals surface area contributed by atoms with Gasteiger partial charge in [-0.25, -0.2) is 9.78 Å². The summed E-state index contributed by atoms with van der Waals surface area (Å²) in [4.78, 5) is 18.7. The average Bonchev–Trinajstić information content (AvgIpc) is 3.06. The Morgan fingerprint density at radius 3 is 2.62 bits per heavy atom. The largest absolute Gasteiger partial charge is 0.466 e. The molecule has 5 heteroatoms. The molecule has 1 atom stereocenters. The summed E-state index contributed by atoms with van der Waals surface area (Å²) < 4.78 is 6.97. The third-order valence-corrected chi connectivity index (χ3v) is 3.65. The van der Waals surface area contributed by atoms with Gasteiger partial charge in [0.1, 0.15) is 11.9 Å². The lowest BCUT2D eigenvalue weighted by Crippen LogP contribution is -2.25. The number of esters is 1. The van der Waals surface area contributed by atoms with Crippen molar-refractivity contribution in [2.45, 2.75) is 6.04 Å². The molecule has 2 aromatic rings. The van der Waals surface area contributed by atoms with Gasteiger partial charge in [-0.2, -0.15) is 0 Å². The first-order valence-corrected chi connectivity index (χ1v) is 6.73. The molecule has 1 aromatic carbocycles. The van der Waals surface area contributed by atoms with Crippen LogP contribution in [0.3, 0.4) is 0 Å². The molecule has 2 heterocycles. The molecule has 108 valence electrons. The Labute approximate surface area is 123 Å². The van der Waals surface area contributed by atoms with E-state index in [9.17, 15) is 4.79 Å². The van der Waals surface area contributed by atoms with Crippen LogP contribution in [0.15, 0.2) is 48.3 Å². The zero-order valence-corrected chi connectivity index (χ0v) is 12.3. The number of carbonyl (C=O) groups is 1. The maximum Gasteiger partial charge on any atom is 0.337 e. The topological polar surface area (TPSA) is 47.4 Å². The molecule has 1 unspecified atom stereocenters. The normalized spacial score (nSPS) is 17.2. The summed E-state index contributed by atoms with van der Waals surface area (Å²) in [7, 11) is 5.27. The second-order valence-electron chi connectivity index (χ2n) is 5.14. The standard InChI is InChI=1S/C16H17N3O2/c1-18(2)14-12(16(20)21-3)13(11-7-5-4-6-8-11)19-10-9-17-15(14)19/h4-10,14H,1-3H3. The van der Waals surface area contributed by atoms with Gasteiger partial charge in [0.2, 0.25) is 0 Å². The fourth-order valence-electron chi connectivity index (χ4n) is 2.79. The smallest absolute Gasteiger partial charge is 0.337 e. The van der Waals surface area contributed by atoms with E-state index in [1.165, 1.54) is 7.11 Å². The van der Waals surface area contributed by atoms with E-state index < -0.39 is 0 Å². The van der Waals surface area contributed by atoms with Crippen LogP contribution in [0.5, 0.6) is 0 Å². The van der Waals surface area contributed by atoms with Crippen LogP contribution in [0.1, 0.15) is 17.4 Å². The first-order valence-electron chi connectivity index (χ1n) is 6.73. The first-order chi connectivity index (χ1) is 10.1. The van der Waals surface area contributed by atoms with Crippen molar-refractivity contribution in [2.75, 3.05) is 21.2 Å². The molecule has 0 amide bonds. The highest BCUT2D eigenvalue weighted by atomic mass is 16.5. The fraction of sp³-hybridized carbons (Fsp3) is 0.250. The van der Waals surface area contributed by atoms with Crippen LogP contribution in [0.25, 0.3) is 5.70 Å². The lowest BCUT2D eigenvalue weighted by Gasteiger charge is -2.20. The minimum atomic E-state index is -0.321. The van der Waals surface area contributed by atoms with Crippen molar-refractivity contribution in [3.8, 4) is 0 Å². The lowest BCUT2D eigenvalue weighted by molar-refractivity contribution is -0.136. The zero-order valence-electron chi connectivity index (χ0n) is 12.3. The summed E-state index contributed by atoms with van der Waals surface area (Å²) in [6, 6.07) is 9.63. The fourth-order valence-corrected chi connectivity index (χ4v) is 2.79. The first kappa shape index (κ1) is 13.6. The number of imidazole rings is 1. The van der Waals surface area contributed by atoms with E-state index in [1.54, 1.807) is 6.20 Å². The Morgan fingerprint density at radius 1 is 1.29 bits per heavy atom. The Balaban J connectivity index is 2.27. The van der Waals surface area contributed by atoms with Gasteiger partial charge in [-0.15, -0.1) is 0 Å². The van der Waals surface area contributed by atoms with Gasteiger partial charge in [0, 0.05) is 12.4 Å². The number of fused-ring (bicyclic) bond motifs is 1. The highest BCUT2D eigenvalue weighted by Gasteiger charge is 2.39. The number of hydrogen-bond donors (Lipinski definition) is 0. The number of rotatable bonds is 3. The van der Waals surface area contributed by atoms with E-state index in [0.29, 0.717) is 5.57 Å². The summed E-state index contributed by atoms with van der Waals surface area (Å²) in [6.45, 7) is 0. The predicted octanol–water partition coefficient (Wildman–Crippen LogP) is 1.93. The number of likely N-dealkylation sites (N-methyl/N-ethyl adjacent to an activating group) is 1. The number of nitrogens with zero attached hydrogens (tertiary/aromatic N) is 3. The van der Waals surface area contributed by atoms with Crippen molar-refractivity contribution >= 4 is 11.7 Å². The number of hydrogen-bond acceptors (Lipinski definition) is 4. The highest BCUT2D eigenvalue weighted by Crippen LogP contribution is 2.40. The SMILES string of the molecule is COC(=O)C1=C(c2ccccc2)n2ccnc2C1N(C)C. The van der Waals surface area contributed by atoms with E-state index in [0.717, 1.165) is 17.1 Å². The van der Waals surface area contributed by atoms with Crippen LogP contribution in [0.2, 0.25) is 0 Å². The van der Waals surface area contributed by atoms with E-state index >= 15 is 0 Å². The summed E-state index contributed by atoms with van der Waals surface area (Å²) in [5.74, 6) is 0.511. The monoisotopic (exact) mass is 283 g/mol. The molecule has 0 fully saturated rings. The van der Waals surface area contributed by atoms with E-state index in [2.05, 4.69) is 4.98 Å². The van der Waals surface area contributed by atoms with Crippen LogP contribution < -0.4 is 0 Å². The molecule has 1 aliphatic heterocycles. The second-order valence-corrected chi connectivity index (χ2v) is 5.14. The summed E-state index contributed by atoms with van der Waals surface area (Å²) in [6.07, 6.45) is 3.63. The summed E-state index contributed by atoms with van der Waals surface area (Å²) in [5, 5.41) is 0. The molecule has 0 spiro atoms. The van der Waals surface area contributed by atoms with Crippen molar-refractivity contribution < 1.29 is 9.53 Å². The van der Waals surface area contributed by atoms with E-state index in [4.69, 9.17) is 4.74 Å². The Kier molecular flexibility index (Phi) is 3.35. The molecular weight excluding hydrogens is 266 g/mol. The minimum absolute atomic E-state index is 0.206. The van der Waals surface area contributed by atoms with Crippen molar-refractivity contribution in [3.05, 3.63) is 59.7 Å². The van der Waals surface area contributed by atoms with E-state index in [1.807, 2.05) is 60.1 Å². The van der Waals surface area contributed by atoms with Gasteiger partial charge < -0.3 is 9.30 Å². The molecule has 0 N–H and O–H groups in total. The molecule has 0 saturated heterocycles. The molecule has 5 nitrogen and oxygen atoms in total. The van der Waals surface area contributed by atoms with Crippen molar-refractivity contribution in [1.29, 1.82) is 0 Å². The Morgan fingerprint density at radius 2 is 2.00 bits per heavy atom. The Hall–Kier alpha value is -2.40. The van der Waals surface area contributed by atoms with Gasteiger partial charge in [-0.1, -0.05) is 30.3 Å². The van der Waals surface area contributed by atoms with Gasteiger partial charge in [0.05, 0.1) is 18.4 Å². The average molecular weight is 283 g/mol. The Bertz CT molecular complexity index is 701. The van der Waals surface area contributed by atoms with Crippen molar-refractivity contribution in [3.63, 3.8) is 0 Å². The number of methoxy groups -OCH3 is 1. The van der Waals surface area contributed by atoms with Crippen LogP contribution in [0, 0.1) is 0 Å². The predicted molar refractivity (Wildman–Crippen MR) is 79.4 cm³/mol. The molecule has 0 bridgehead atoms. The van der Waals surface area contributed by atoms with Crippen LogP contribution in [0.4, 0.5) is 0 Å². The van der Waals surface area contributed by atoms with Crippen LogP contribution in [-0.2, 0) is 9.53 Å².